The smallest absolute Gasteiger partial charge is 0.237 e. The summed E-state index contributed by atoms with van der Waals surface area (Å²) in [4.78, 5) is 14.7. The molecule has 0 spiro atoms. The summed E-state index contributed by atoms with van der Waals surface area (Å²) < 4.78 is 5.70. The molecule has 2 aromatic heterocycles. The van der Waals surface area contributed by atoms with Gasteiger partial charge in [0.2, 0.25) is 5.88 Å². The lowest BCUT2D eigenvalue weighted by Crippen LogP contribution is -2.45. The number of aryl methyl sites for hydroxylation is 2. The molecular weight excluding hydrogens is 438 g/mol. The lowest BCUT2D eigenvalue weighted by atomic mass is 9.98. The maximum atomic E-state index is 6.65. The van der Waals surface area contributed by atoms with Crippen molar-refractivity contribution in [2.24, 2.45) is 5.73 Å². The highest BCUT2D eigenvalue weighted by atomic mass is 16.5. The molecular formula is C27H35N7O. The summed E-state index contributed by atoms with van der Waals surface area (Å²) in [7, 11) is 4.23. The Morgan fingerprint density at radius 2 is 1.77 bits per heavy atom. The Bertz CT molecular complexity index is 1250. The van der Waals surface area contributed by atoms with E-state index in [1.807, 2.05) is 25.5 Å². The molecule has 0 aliphatic carbocycles. The minimum absolute atomic E-state index is 0.577. The molecule has 0 amide bonds. The molecule has 5 N–H and O–H groups in total. The summed E-state index contributed by atoms with van der Waals surface area (Å²) in [5, 5.41) is 0. The van der Waals surface area contributed by atoms with E-state index in [2.05, 4.69) is 63.8 Å². The maximum absolute atomic E-state index is 6.65. The highest BCUT2D eigenvalue weighted by Gasteiger charge is 2.20. The molecule has 0 saturated carbocycles. The maximum Gasteiger partial charge on any atom is 0.237 e. The summed E-state index contributed by atoms with van der Waals surface area (Å²) in [6.45, 7) is 10.1. The first-order valence-electron chi connectivity index (χ1n) is 12.2. The fourth-order valence-corrected chi connectivity index (χ4v) is 5.11. The van der Waals surface area contributed by atoms with Crippen LogP contribution in [0.2, 0.25) is 0 Å². The third kappa shape index (κ3) is 4.41. The molecule has 2 aliphatic rings. The van der Waals surface area contributed by atoms with Crippen molar-refractivity contribution in [3.8, 4) is 17.0 Å². The highest BCUT2D eigenvalue weighted by molar-refractivity contribution is 5.91. The second-order valence-electron chi connectivity index (χ2n) is 9.70. The van der Waals surface area contributed by atoms with Gasteiger partial charge in [-0.3, -0.25) is 0 Å². The number of benzene rings is 1. The number of likely N-dealkylation sites (N-methyl/N-ethyl adjacent to an activating group) is 2. The quantitative estimate of drug-likeness (QED) is 0.535. The highest BCUT2D eigenvalue weighted by Crippen LogP contribution is 2.37. The molecule has 0 bridgehead atoms. The van der Waals surface area contributed by atoms with Gasteiger partial charge < -0.3 is 35.9 Å². The Morgan fingerprint density at radius 1 is 1.06 bits per heavy atom. The van der Waals surface area contributed by atoms with E-state index in [-0.39, 0.29) is 0 Å². The predicted octanol–water partition coefficient (Wildman–Crippen LogP) is 3.31. The van der Waals surface area contributed by atoms with Crippen LogP contribution in [0.4, 0.5) is 17.2 Å². The van der Waals surface area contributed by atoms with Crippen molar-refractivity contribution in [3.63, 3.8) is 0 Å². The normalized spacial score (nSPS) is 16.9. The minimum atomic E-state index is 0.577. The van der Waals surface area contributed by atoms with Gasteiger partial charge in [-0.1, -0.05) is 0 Å². The van der Waals surface area contributed by atoms with Gasteiger partial charge in [0.05, 0.1) is 6.54 Å². The largest absolute Gasteiger partial charge is 0.474 e. The van der Waals surface area contributed by atoms with E-state index < -0.39 is 0 Å². The van der Waals surface area contributed by atoms with Crippen LogP contribution >= 0.6 is 0 Å². The fraction of sp³-hybridized carbons (Fsp3) is 0.370. The molecule has 0 atom stereocenters. The Kier molecular flexibility index (Phi) is 6.06. The third-order valence-electron chi connectivity index (χ3n) is 7.12. The van der Waals surface area contributed by atoms with Crippen LogP contribution in [-0.4, -0.2) is 68.3 Å². The lowest BCUT2D eigenvalue weighted by molar-refractivity contribution is 0.299. The number of pyridine rings is 1. The monoisotopic (exact) mass is 473 g/mol. The minimum Gasteiger partial charge on any atom is -0.474 e. The van der Waals surface area contributed by atoms with Gasteiger partial charge in [-0.05, 0) is 61.9 Å². The molecule has 0 radical (unpaired) electrons. The van der Waals surface area contributed by atoms with Crippen LogP contribution in [0.15, 0.2) is 30.6 Å². The van der Waals surface area contributed by atoms with Gasteiger partial charge in [-0.2, -0.15) is 0 Å². The standard InChI is InChI=1S/C27H35N7O/c1-17-11-19(12-18(2)25(17)34-7-5-32(3)6-8-34)23(28)14-21-22(16-30-26(21)29)20-13-24-27(31-15-20)35-10-9-33(24)4/h11-16,30H,5-10,28-29H2,1-4H3/b23-14-. The summed E-state index contributed by atoms with van der Waals surface area (Å²) in [6.07, 6.45) is 5.70. The summed E-state index contributed by atoms with van der Waals surface area (Å²) in [5.74, 6) is 1.24. The molecule has 1 saturated heterocycles. The second-order valence-corrected chi connectivity index (χ2v) is 9.70. The number of H-pyrrole nitrogens is 1. The van der Waals surface area contributed by atoms with Gasteiger partial charge in [-0.15, -0.1) is 0 Å². The van der Waals surface area contributed by atoms with Crippen LogP contribution in [0, 0.1) is 13.8 Å². The number of nitrogens with one attached hydrogen (secondary N) is 1. The van der Waals surface area contributed by atoms with E-state index in [1.165, 1.54) is 16.8 Å². The van der Waals surface area contributed by atoms with E-state index in [0.717, 1.165) is 60.7 Å². The van der Waals surface area contributed by atoms with Crippen LogP contribution in [0.5, 0.6) is 5.88 Å². The number of piperazine rings is 1. The van der Waals surface area contributed by atoms with Gasteiger partial charge in [-0.25, -0.2) is 4.98 Å². The number of aromatic nitrogens is 2. The summed E-state index contributed by atoms with van der Waals surface area (Å²) in [6, 6.07) is 6.46. The number of anilines is 3. The summed E-state index contributed by atoms with van der Waals surface area (Å²) >= 11 is 0. The van der Waals surface area contributed by atoms with E-state index in [4.69, 9.17) is 16.2 Å². The SMILES string of the molecule is Cc1cc(/C(N)=C/c2c(-c3cnc4c(c3)N(C)CCO4)c[nH]c2N)cc(C)c1N1CCN(C)CC1. The van der Waals surface area contributed by atoms with E-state index in [0.29, 0.717) is 24.0 Å². The molecule has 3 aromatic rings. The first-order valence-corrected chi connectivity index (χ1v) is 12.2. The first-order chi connectivity index (χ1) is 16.8. The number of nitrogens with two attached hydrogens (primary N) is 2. The molecule has 5 rings (SSSR count). The van der Waals surface area contributed by atoms with E-state index >= 15 is 0 Å². The average molecular weight is 474 g/mol. The number of fused-ring (bicyclic) bond motifs is 1. The van der Waals surface area contributed by atoms with Crippen molar-refractivity contribution in [2.45, 2.75) is 13.8 Å². The Labute approximate surface area is 207 Å². The van der Waals surface area contributed by atoms with Gasteiger partial charge in [0.25, 0.3) is 0 Å². The van der Waals surface area contributed by atoms with Gasteiger partial charge in [0.1, 0.15) is 18.1 Å². The lowest BCUT2D eigenvalue weighted by Gasteiger charge is -2.36. The van der Waals surface area contributed by atoms with Crippen LogP contribution in [0.3, 0.4) is 0 Å². The number of hydrogen-bond acceptors (Lipinski definition) is 7. The zero-order valence-corrected chi connectivity index (χ0v) is 21.1. The van der Waals surface area contributed by atoms with E-state index in [1.54, 1.807) is 0 Å². The van der Waals surface area contributed by atoms with Gasteiger partial charge >= 0.3 is 0 Å². The van der Waals surface area contributed by atoms with Crippen LogP contribution in [0.25, 0.3) is 22.9 Å². The van der Waals surface area contributed by atoms with Crippen molar-refractivity contribution in [2.75, 3.05) is 69.0 Å². The molecule has 1 fully saturated rings. The number of nitrogens with zero attached hydrogens (tertiary/aromatic N) is 4. The van der Waals surface area contributed by atoms with Crippen molar-refractivity contribution in [1.82, 2.24) is 14.9 Å². The molecule has 1 aromatic carbocycles. The van der Waals surface area contributed by atoms with Gasteiger partial charge in [0.15, 0.2) is 0 Å². The zero-order chi connectivity index (χ0) is 24.7. The van der Waals surface area contributed by atoms with E-state index in [9.17, 15) is 0 Å². The van der Waals surface area contributed by atoms with Gasteiger partial charge in [0, 0.05) is 73.7 Å². The Morgan fingerprint density at radius 3 is 2.49 bits per heavy atom. The average Bonchev–Trinajstić information content (AvgIpc) is 3.20. The predicted molar refractivity (Wildman–Crippen MR) is 145 cm³/mol. The number of ether oxygens (including phenoxy) is 1. The summed E-state index contributed by atoms with van der Waals surface area (Å²) in [5.41, 5.74) is 22.2. The van der Waals surface area contributed by atoms with Crippen LogP contribution in [0.1, 0.15) is 22.3 Å². The number of hydrogen-bond donors (Lipinski definition) is 3. The van der Waals surface area contributed by atoms with Crippen LogP contribution in [-0.2, 0) is 0 Å². The first kappa shape index (κ1) is 23.1. The topological polar surface area (TPSA) is 99.7 Å². The second kappa shape index (κ2) is 9.19. The molecule has 2 aliphatic heterocycles. The molecule has 8 nitrogen and oxygen atoms in total. The van der Waals surface area contributed by atoms with Crippen molar-refractivity contribution >= 4 is 29.0 Å². The Hall–Kier alpha value is -3.65. The zero-order valence-electron chi connectivity index (χ0n) is 21.1. The number of aromatic amines is 1. The molecule has 4 heterocycles. The molecule has 8 heteroatoms. The molecule has 184 valence electrons. The number of nitrogen functional groups attached to an aromatic ring is 1. The van der Waals surface area contributed by atoms with Crippen molar-refractivity contribution in [3.05, 3.63) is 52.8 Å². The molecule has 0 unspecified atom stereocenters. The van der Waals surface area contributed by atoms with Crippen molar-refractivity contribution < 1.29 is 4.74 Å². The fourth-order valence-electron chi connectivity index (χ4n) is 5.11. The third-order valence-corrected chi connectivity index (χ3v) is 7.12. The molecule has 35 heavy (non-hydrogen) atoms. The number of rotatable bonds is 4. The van der Waals surface area contributed by atoms with Crippen LogP contribution < -0.4 is 26.0 Å². The Balaban J connectivity index is 1.47. The van der Waals surface area contributed by atoms with Crippen molar-refractivity contribution in [1.29, 1.82) is 0 Å².